The third kappa shape index (κ3) is 8.35. The number of furan rings is 1. The maximum atomic E-state index is 12.3. The normalized spacial score (nSPS) is 11.2. The molecule has 0 aliphatic heterocycles. The van der Waals surface area contributed by atoms with E-state index in [1.807, 2.05) is 0 Å². The van der Waals surface area contributed by atoms with Gasteiger partial charge >= 0.3 is 0 Å². The van der Waals surface area contributed by atoms with Gasteiger partial charge in [-0.1, -0.05) is 32.6 Å². The average Bonchev–Trinajstić information content (AvgIpc) is 3.20. The zero-order valence-corrected chi connectivity index (χ0v) is 18.1. The number of anilines is 1. The number of thiocarbonyl (C=S) groups is 1. The number of nitrogens with one attached hydrogen (secondary N) is 3. The van der Waals surface area contributed by atoms with E-state index in [4.69, 9.17) is 16.6 Å². The summed E-state index contributed by atoms with van der Waals surface area (Å²) in [4.78, 5) is 12.0. The second-order valence-electron chi connectivity index (χ2n) is 6.59. The fraction of sp³-hybridized carbons (Fsp3) is 0.400. The van der Waals surface area contributed by atoms with Crippen molar-refractivity contribution in [2.24, 2.45) is 0 Å². The van der Waals surface area contributed by atoms with Crippen molar-refractivity contribution >= 4 is 38.9 Å². The van der Waals surface area contributed by atoms with Gasteiger partial charge in [-0.25, -0.2) is 13.1 Å². The maximum Gasteiger partial charge on any atom is 0.240 e. The molecule has 0 spiro atoms. The summed E-state index contributed by atoms with van der Waals surface area (Å²) in [6.07, 6.45) is 7.28. The Labute approximate surface area is 177 Å². The molecule has 0 atom stereocenters. The Balaban J connectivity index is 1.78. The van der Waals surface area contributed by atoms with Gasteiger partial charge in [0.1, 0.15) is 5.76 Å². The van der Waals surface area contributed by atoms with Gasteiger partial charge in [-0.2, -0.15) is 0 Å². The molecule has 1 aromatic carbocycles. The number of hydrogen-bond donors (Lipinski definition) is 3. The van der Waals surface area contributed by atoms with Crippen molar-refractivity contribution in [3.63, 3.8) is 0 Å². The molecule has 0 aliphatic rings. The van der Waals surface area contributed by atoms with Crippen LogP contribution in [0.2, 0.25) is 0 Å². The van der Waals surface area contributed by atoms with Gasteiger partial charge in [-0.05, 0) is 55.0 Å². The maximum absolute atomic E-state index is 12.3. The second kappa shape index (κ2) is 11.7. The summed E-state index contributed by atoms with van der Waals surface area (Å²) in [5.41, 5.74) is 0.586. The number of sulfonamides is 1. The van der Waals surface area contributed by atoms with Gasteiger partial charge in [-0.15, -0.1) is 0 Å². The first-order chi connectivity index (χ1) is 13.9. The lowest BCUT2D eigenvalue weighted by molar-refractivity contribution is -0.119. The molecule has 0 fully saturated rings. The molecule has 0 saturated carbocycles. The molecule has 2 aromatic rings. The van der Waals surface area contributed by atoms with Gasteiger partial charge < -0.3 is 15.1 Å². The number of amides is 1. The first-order valence-corrected chi connectivity index (χ1v) is 11.5. The van der Waals surface area contributed by atoms with E-state index in [0.717, 1.165) is 19.3 Å². The van der Waals surface area contributed by atoms with Crippen molar-refractivity contribution in [2.45, 2.75) is 56.9 Å². The molecule has 7 nitrogen and oxygen atoms in total. The Bertz CT molecular complexity index is 879. The minimum Gasteiger partial charge on any atom is -0.468 e. The van der Waals surface area contributed by atoms with Crippen molar-refractivity contribution in [3.05, 3.63) is 48.4 Å². The average molecular weight is 438 g/mol. The Morgan fingerprint density at radius 2 is 1.79 bits per heavy atom. The topological polar surface area (TPSA) is 100 Å². The highest BCUT2D eigenvalue weighted by Crippen LogP contribution is 2.15. The van der Waals surface area contributed by atoms with Gasteiger partial charge in [0.05, 0.1) is 17.7 Å². The van der Waals surface area contributed by atoms with Crippen LogP contribution < -0.4 is 15.4 Å². The molecule has 3 N–H and O–H groups in total. The molecular formula is C20H27N3O4S2. The lowest BCUT2D eigenvalue weighted by Gasteiger charge is -2.11. The Morgan fingerprint density at radius 1 is 1.07 bits per heavy atom. The predicted octanol–water partition coefficient (Wildman–Crippen LogP) is 3.93. The molecule has 0 bridgehead atoms. The number of carbonyl (C=O) groups is 1. The first kappa shape index (κ1) is 23.1. The molecule has 1 heterocycles. The zero-order valence-electron chi connectivity index (χ0n) is 16.4. The van der Waals surface area contributed by atoms with Crippen LogP contribution >= 0.6 is 12.2 Å². The van der Waals surface area contributed by atoms with E-state index in [1.165, 1.54) is 31.2 Å². The molecule has 9 heteroatoms. The Morgan fingerprint density at radius 3 is 2.45 bits per heavy atom. The highest BCUT2D eigenvalue weighted by atomic mass is 32.2. The summed E-state index contributed by atoms with van der Waals surface area (Å²) in [5.74, 6) is 0.402. The fourth-order valence-electron chi connectivity index (χ4n) is 2.62. The molecular weight excluding hydrogens is 410 g/mol. The van der Waals surface area contributed by atoms with Crippen LogP contribution in [-0.4, -0.2) is 19.4 Å². The van der Waals surface area contributed by atoms with E-state index in [0.29, 0.717) is 17.9 Å². The highest BCUT2D eigenvalue weighted by Gasteiger charge is 2.14. The van der Waals surface area contributed by atoms with Gasteiger partial charge in [0.2, 0.25) is 15.9 Å². The third-order valence-corrected chi connectivity index (χ3v) is 5.82. The minimum atomic E-state index is -3.66. The molecule has 2 rings (SSSR count). The molecule has 1 aromatic heterocycles. The van der Waals surface area contributed by atoms with Crippen molar-refractivity contribution in [2.75, 3.05) is 5.32 Å². The van der Waals surface area contributed by atoms with Crippen LogP contribution in [0.4, 0.5) is 5.69 Å². The quantitative estimate of drug-likeness (QED) is 0.364. The molecule has 0 aliphatic carbocycles. The molecule has 0 radical (unpaired) electrons. The van der Waals surface area contributed by atoms with E-state index < -0.39 is 10.0 Å². The van der Waals surface area contributed by atoms with Gasteiger partial charge in [0.25, 0.3) is 0 Å². The van der Waals surface area contributed by atoms with E-state index in [-0.39, 0.29) is 22.5 Å². The highest BCUT2D eigenvalue weighted by molar-refractivity contribution is 7.89. The molecule has 0 saturated heterocycles. The predicted molar refractivity (Wildman–Crippen MR) is 117 cm³/mol. The van der Waals surface area contributed by atoms with Crippen molar-refractivity contribution < 1.29 is 17.6 Å². The summed E-state index contributed by atoms with van der Waals surface area (Å²) in [6, 6.07) is 9.49. The molecule has 1 amide bonds. The lowest BCUT2D eigenvalue weighted by Crippen LogP contribution is -2.33. The van der Waals surface area contributed by atoms with Crippen molar-refractivity contribution in [1.82, 2.24) is 10.0 Å². The van der Waals surface area contributed by atoms with Gasteiger partial charge in [0.15, 0.2) is 5.11 Å². The molecule has 158 valence electrons. The number of rotatable bonds is 11. The number of carbonyl (C=O) groups excluding carboxylic acids is 1. The van der Waals surface area contributed by atoms with Gasteiger partial charge in [-0.3, -0.25) is 4.79 Å². The van der Waals surface area contributed by atoms with E-state index in [2.05, 4.69) is 22.3 Å². The first-order valence-electron chi connectivity index (χ1n) is 9.63. The van der Waals surface area contributed by atoms with Crippen LogP contribution in [0.3, 0.4) is 0 Å². The van der Waals surface area contributed by atoms with Crippen LogP contribution in [-0.2, 0) is 21.4 Å². The smallest absolute Gasteiger partial charge is 0.240 e. The Hall–Kier alpha value is -2.23. The largest absolute Gasteiger partial charge is 0.468 e. The monoisotopic (exact) mass is 437 g/mol. The van der Waals surface area contributed by atoms with Gasteiger partial charge in [0, 0.05) is 12.1 Å². The summed E-state index contributed by atoms with van der Waals surface area (Å²) >= 11 is 5.14. The van der Waals surface area contributed by atoms with Crippen LogP contribution in [0, 0.1) is 0 Å². The van der Waals surface area contributed by atoms with Crippen LogP contribution in [0.25, 0.3) is 0 Å². The van der Waals surface area contributed by atoms with Crippen LogP contribution in [0.15, 0.2) is 52.0 Å². The third-order valence-electron chi connectivity index (χ3n) is 4.20. The second-order valence-corrected chi connectivity index (χ2v) is 8.77. The summed E-state index contributed by atoms with van der Waals surface area (Å²) in [5, 5.41) is 5.72. The Kier molecular flexibility index (Phi) is 9.30. The van der Waals surface area contributed by atoms with Crippen molar-refractivity contribution in [3.8, 4) is 0 Å². The molecule has 0 unspecified atom stereocenters. The number of unbranched alkanes of at least 4 members (excludes halogenated alkanes) is 4. The van der Waals surface area contributed by atoms with E-state index in [9.17, 15) is 13.2 Å². The standard InChI is InChI=1S/C20H27N3O4S2/c1-2-3-4-5-6-9-19(24)23-20(28)22-16-10-12-18(13-11-16)29(25,26)21-15-17-8-7-14-27-17/h7-8,10-14,21H,2-6,9,15H2,1H3,(H2,22,23,24,28). The number of benzene rings is 1. The lowest BCUT2D eigenvalue weighted by atomic mass is 10.1. The number of hydrogen-bond acceptors (Lipinski definition) is 5. The zero-order chi connectivity index (χ0) is 21.1. The van der Waals surface area contributed by atoms with Crippen LogP contribution in [0.5, 0.6) is 0 Å². The minimum absolute atomic E-state index is 0.0733. The summed E-state index contributed by atoms with van der Waals surface area (Å²) in [6.45, 7) is 2.22. The SMILES string of the molecule is CCCCCCCC(=O)NC(=S)Nc1ccc(S(=O)(=O)NCc2ccco2)cc1. The van der Waals surface area contributed by atoms with Crippen LogP contribution in [0.1, 0.15) is 51.2 Å². The summed E-state index contributed by atoms with van der Waals surface area (Å²) < 4.78 is 32.2. The van der Waals surface area contributed by atoms with E-state index >= 15 is 0 Å². The fourth-order valence-corrected chi connectivity index (χ4v) is 3.85. The van der Waals surface area contributed by atoms with E-state index in [1.54, 1.807) is 24.3 Å². The summed E-state index contributed by atoms with van der Waals surface area (Å²) in [7, 11) is -3.66. The van der Waals surface area contributed by atoms with Crippen molar-refractivity contribution in [1.29, 1.82) is 0 Å². The molecule has 29 heavy (non-hydrogen) atoms.